The molecule has 0 spiro atoms. The van der Waals surface area contributed by atoms with E-state index >= 15 is 0 Å². The van der Waals surface area contributed by atoms with Gasteiger partial charge < -0.3 is 24.8 Å². The van der Waals surface area contributed by atoms with Crippen LogP contribution in [0.4, 0.5) is 5.69 Å². The maximum absolute atomic E-state index is 12.8. The molecule has 0 saturated heterocycles. The molecule has 2 amide bonds. The zero-order valence-electron chi connectivity index (χ0n) is 15.1. The molecule has 0 radical (unpaired) electrons. The van der Waals surface area contributed by atoms with Crippen LogP contribution in [0.5, 0.6) is 17.2 Å². The number of hydrogen-bond acceptors (Lipinski definition) is 5. The third kappa shape index (κ3) is 4.10. The standard InChI is InChI=1S/C19H19IN2O5/c1-10(11-4-5-15-14(6-11)22-18(23)9-27-15)21-19(24)12-7-16(25-2)17(26-3)8-13(12)20/h4-8,10H,9H2,1-3H3,(H,21,24)(H,22,23). The van der Waals surface area contributed by atoms with E-state index < -0.39 is 0 Å². The molecule has 7 nitrogen and oxygen atoms in total. The molecule has 0 aromatic heterocycles. The molecule has 0 saturated carbocycles. The van der Waals surface area contributed by atoms with E-state index in [-0.39, 0.29) is 24.5 Å². The second kappa shape index (κ2) is 8.03. The molecule has 1 atom stereocenters. The number of anilines is 1. The topological polar surface area (TPSA) is 85.9 Å². The number of carbonyl (C=O) groups excluding carboxylic acids is 2. The van der Waals surface area contributed by atoms with Crippen LogP contribution in [0, 0.1) is 3.57 Å². The number of halogens is 1. The van der Waals surface area contributed by atoms with Crippen molar-refractivity contribution in [2.24, 2.45) is 0 Å². The van der Waals surface area contributed by atoms with Crippen LogP contribution in [0.3, 0.4) is 0 Å². The van der Waals surface area contributed by atoms with Gasteiger partial charge in [0.2, 0.25) is 0 Å². The molecule has 2 aromatic rings. The van der Waals surface area contributed by atoms with E-state index in [1.165, 1.54) is 7.11 Å². The van der Waals surface area contributed by atoms with Gasteiger partial charge in [0.15, 0.2) is 18.1 Å². The molecule has 3 rings (SSSR count). The van der Waals surface area contributed by atoms with Gasteiger partial charge in [0.05, 0.1) is 31.5 Å². The first kappa shape index (κ1) is 19.3. The number of ether oxygens (including phenoxy) is 3. The minimum atomic E-state index is -0.273. The Bertz CT molecular complexity index is 900. The van der Waals surface area contributed by atoms with Crippen LogP contribution in [0.2, 0.25) is 0 Å². The lowest BCUT2D eigenvalue weighted by molar-refractivity contribution is -0.118. The summed E-state index contributed by atoms with van der Waals surface area (Å²) in [6, 6.07) is 8.59. The summed E-state index contributed by atoms with van der Waals surface area (Å²) in [5.41, 5.74) is 1.95. The van der Waals surface area contributed by atoms with Gasteiger partial charge in [-0.2, -0.15) is 0 Å². The summed E-state index contributed by atoms with van der Waals surface area (Å²) in [7, 11) is 3.08. The van der Waals surface area contributed by atoms with Crippen LogP contribution in [0.25, 0.3) is 0 Å². The van der Waals surface area contributed by atoms with Crippen molar-refractivity contribution in [2.45, 2.75) is 13.0 Å². The van der Waals surface area contributed by atoms with Crippen molar-refractivity contribution in [1.82, 2.24) is 5.32 Å². The number of carbonyl (C=O) groups is 2. The van der Waals surface area contributed by atoms with E-state index in [1.54, 1.807) is 31.4 Å². The van der Waals surface area contributed by atoms with Crippen molar-refractivity contribution >= 4 is 40.1 Å². The Labute approximate surface area is 170 Å². The number of nitrogens with one attached hydrogen (secondary N) is 2. The highest BCUT2D eigenvalue weighted by molar-refractivity contribution is 14.1. The average Bonchev–Trinajstić information content (AvgIpc) is 2.66. The van der Waals surface area contributed by atoms with Gasteiger partial charge in [0, 0.05) is 3.57 Å². The molecule has 8 heteroatoms. The first-order valence-corrected chi connectivity index (χ1v) is 9.29. The SMILES string of the molecule is COc1cc(I)c(C(=O)NC(C)c2ccc3c(c2)NC(=O)CO3)cc1OC. The third-order valence-corrected chi connectivity index (χ3v) is 5.09. The van der Waals surface area contributed by atoms with Crippen LogP contribution in [-0.2, 0) is 4.79 Å². The van der Waals surface area contributed by atoms with E-state index in [1.807, 2.05) is 13.0 Å². The molecular weight excluding hydrogens is 463 g/mol. The van der Waals surface area contributed by atoms with Crippen LogP contribution in [-0.4, -0.2) is 32.6 Å². The van der Waals surface area contributed by atoms with E-state index in [4.69, 9.17) is 14.2 Å². The molecule has 1 aliphatic rings. The summed E-state index contributed by atoms with van der Waals surface area (Å²) in [5, 5.41) is 5.74. The fourth-order valence-electron chi connectivity index (χ4n) is 2.76. The number of fused-ring (bicyclic) bond motifs is 1. The van der Waals surface area contributed by atoms with Crippen LogP contribution >= 0.6 is 22.6 Å². The lowest BCUT2D eigenvalue weighted by Crippen LogP contribution is -2.28. The van der Waals surface area contributed by atoms with Gasteiger partial charge in [-0.3, -0.25) is 9.59 Å². The van der Waals surface area contributed by atoms with Crippen molar-refractivity contribution < 1.29 is 23.8 Å². The Morgan fingerprint density at radius 2 is 1.93 bits per heavy atom. The lowest BCUT2D eigenvalue weighted by atomic mass is 10.1. The Morgan fingerprint density at radius 3 is 2.63 bits per heavy atom. The molecule has 2 N–H and O–H groups in total. The van der Waals surface area contributed by atoms with Crippen LogP contribution in [0.15, 0.2) is 30.3 Å². The maximum Gasteiger partial charge on any atom is 0.262 e. The highest BCUT2D eigenvalue weighted by Crippen LogP contribution is 2.33. The summed E-state index contributed by atoms with van der Waals surface area (Å²) in [4.78, 5) is 24.2. The van der Waals surface area contributed by atoms with Crippen molar-refractivity contribution in [3.63, 3.8) is 0 Å². The second-order valence-corrected chi connectivity index (χ2v) is 7.14. The van der Waals surface area contributed by atoms with Gasteiger partial charge in [0.25, 0.3) is 11.8 Å². The lowest BCUT2D eigenvalue weighted by Gasteiger charge is -2.21. The molecule has 0 aliphatic carbocycles. The zero-order valence-corrected chi connectivity index (χ0v) is 17.2. The Morgan fingerprint density at radius 1 is 1.22 bits per heavy atom. The van der Waals surface area contributed by atoms with E-state index in [0.29, 0.717) is 28.5 Å². The zero-order chi connectivity index (χ0) is 19.6. The minimum Gasteiger partial charge on any atom is -0.493 e. The van der Waals surface area contributed by atoms with Gasteiger partial charge in [0.1, 0.15) is 5.75 Å². The first-order chi connectivity index (χ1) is 12.9. The van der Waals surface area contributed by atoms with Gasteiger partial charge in [-0.15, -0.1) is 0 Å². The van der Waals surface area contributed by atoms with Crippen LogP contribution < -0.4 is 24.8 Å². The Balaban J connectivity index is 1.80. The molecule has 2 aromatic carbocycles. The Hall–Kier alpha value is -2.49. The predicted octanol–water partition coefficient (Wildman–Crippen LogP) is 3.13. The molecule has 142 valence electrons. The quantitative estimate of drug-likeness (QED) is 0.640. The maximum atomic E-state index is 12.8. The van der Waals surface area contributed by atoms with Gasteiger partial charge in [-0.1, -0.05) is 6.07 Å². The predicted molar refractivity (Wildman–Crippen MR) is 109 cm³/mol. The normalized spacial score (nSPS) is 13.7. The number of amides is 2. The third-order valence-electron chi connectivity index (χ3n) is 4.20. The van der Waals surface area contributed by atoms with E-state index in [9.17, 15) is 9.59 Å². The van der Waals surface area contributed by atoms with Crippen molar-refractivity contribution in [3.8, 4) is 17.2 Å². The second-order valence-electron chi connectivity index (χ2n) is 5.97. The van der Waals surface area contributed by atoms with E-state index in [0.717, 1.165) is 9.13 Å². The summed E-state index contributed by atoms with van der Waals surface area (Å²) >= 11 is 2.09. The minimum absolute atomic E-state index is 0.0103. The highest BCUT2D eigenvalue weighted by atomic mass is 127. The summed E-state index contributed by atoms with van der Waals surface area (Å²) in [5.74, 6) is 1.25. The highest BCUT2D eigenvalue weighted by Gasteiger charge is 2.20. The van der Waals surface area contributed by atoms with Gasteiger partial charge in [-0.25, -0.2) is 0 Å². The number of benzene rings is 2. The van der Waals surface area contributed by atoms with Crippen molar-refractivity contribution in [3.05, 3.63) is 45.0 Å². The number of rotatable bonds is 5. The van der Waals surface area contributed by atoms with E-state index in [2.05, 4.69) is 33.2 Å². The summed E-state index contributed by atoms with van der Waals surface area (Å²) < 4.78 is 16.6. The molecule has 1 unspecified atom stereocenters. The van der Waals surface area contributed by atoms with Gasteiger partial charge in [-0.05, 0) is 59.3 Å². The average molecular weight is 482 g/mol. The molecule has 1 aliphatic heterocycles. The molecule has 27 heavy (non-hydrogen) atoms. The number of hydrogen-bond donors (Lipinski definition) is 2. The molecule has 1 heterocycles. The van der Waals surface area contributed by atoms with Crippen LogP contribution in [0.1, 0.15) is 28.9 Å². The number of methoxy groups -OCH3 is 2. The summed E-state index contributed by atoms with van der Waals surface area (Å²) in [6.45, 7) is 1.88. The molecular formula is C19H19IN2O5. The Kier molecular flexibility index (Phi) is 5.73. The fourth-order valence-corrected chi connectivity index (χ4v) is 3.44. The monoisotopic (exact) mass is 482 g/mol. The summed E-state index contributed by atoms with van der Waals surface area (Å²) in [6.07, 6.45) is 0. The largest absolute Gasteiger partial charge is 0.493 e. The smallest absolute Gasteiger partial charge is 0.262 e. The molecule has 0 bridgehead atoms. The van der Waals surface area contributed by atoms with Crippen molar-refractivity contribution in [2.75, 3.05) is 26.1 Å². The van der Waals surface area contributed by atoms with Gasteiger partial charge >= 0.3 is 0 Å². The fraction of sp³-hybridized carbons (Fsp3) is 0.263. The first-order valence-electron chi connectivity index (χ1n) is 8.22. The molecule has 0 fully saturated rings. The van der Waals surface area contributed by atoms with Crippen molar-refractivity contribution in [1.29, 1.82) is 0 Å².